The van der Waals surface area contributed by atoms with Crippen molar-refractivity contribution in [1.29, 1.82) is 0 Å². The number of carboxylic acid groups (broad SMARTS) is 1. The third-order valence-electron chi connectivity index (χ3n) is 2.55. The first-order valence-electron chi connectivity index (χ1n) is 5.03. The van der Waals surface area contributed by atoms with Gasteiger partial charge in [-0.3, -0.25) is 9.69 Å². The Morgan fingerprint density at radius 2 is 2.18 bits per heavy atom. The van der Waals surface area contributed by atoms with Crippen molar-refractivity contribution >= 4 is 29.4 Å². The number of anilines is 1. The van der Waals surface area contributed by atoms with Crippen molar-refractivity contribution in [2.45, 2.75) is 6.42 Å². The van der Waals surface area contributed by atoms with Crippen molar-refractivity contribution in [2.24, 2.45) is 5.92 Å². The van der Waals surface area contributed by atoms with E-state index in [1.165, 1.54) is 17.3 Å². The molecule has 2 heterocycles. The highest BCUT2D eigenvalue weighted by Crippen LogP contribution is 2.22. The van der Waals surface area contributed by atoms with Gasteiger partial charge in [0.05, 0.1) is 5.56 Å². The predicted molar refractivity (Wildman–Crippen MR) is 60.2 cm³/mol. The van der Waals surface area contributed by atoms with Crippen molar-refractivity contribution in [3.8, 4) is 0 Å². The molecule has 1 aliphatic rings. The molecule has 1 aliphatic heterocycles. The minimum Gasteiger partial charge on any atom is -0.478 e. The lowest BCUT2D eigenvalue weighted by Gasteiger charge is -2.13. The molecule has 17 heavy (non-hydrogen) atoms. The Bertz CT molecular complexity index is 449. The van der Waals surface area contributed by atoms with Gasteiger partial charge in [-0.1, -0.05) is 0 Å². The fraction of sp³-hybridized carbons (Fsp3) is 0.400. The Morgan fingerprint density at radius 1 is 1.53 bits per heavy atom. The minimum absolute atomic E-state index is 0.00529. The van der Waals surface area contributed by atoms with E-state index in [4.69, 9.17) is 16.7 Å². The molecule has 1 saturated heterocycles. The van der Waals surface area contributed by atoms with Crippen LogP contribution in [-0.2, 0) is 4.79 Å². The molecular formula is C10H10ClN3O3. The lowest BCUT2D eigenvalue weighted by molar-refractivity contribution is -0.117. The smallest absolute Gasteiger partial charge is 0.338 e. The first-order chi connectivity index (χ1) is 8.11. The third kappa shape index (κ3) is 2.36. The van der Waals surface area contributed by atoms with Crippen LogP contribution in [0.15, 0.2) is 12.4 Å². The molecule has 1 aromatic heterocycles. The number of aromatic carboxylic acids is 1. The highest BCUT2D eigenvalue weighted by molar-refractivity contribution is 6.18. The molecule has 0 aliphatic carbocycles. The van der Waals surface area contributed by atoms with E-state index in [1.54, 1.807) is 0 Å². The van der Waals surface area contributed by atoms with Gasteiger partial charge in [0.2, 0.25) is 11.9 Å². The third-order valence-corrected chi connectivity index (χ3v) is 2.99. The number of hydrogen-bond acceptors (Lipinski definition) is 4. The van der Waals surface area contributed by atoms with E-state index in [1.807, 2.05) is 0 Å². The fourth-order valence-corrected chi connectivity index (χ4v) is 1.86. The van der Waals surface area contributed by atoms with Crippen LogP contribution in [0.1, 0.15) is 16.8 Å². The van der Waals surface area contributed by atoms with Crippen molar-refractivity contribution < 1.29 is 14.7 Å². The molecule has 1 aromatic rings. The average Bonchev–Trinajstić information content (AvgIpc) is 2.71. The summed E-state index contributed by atoms with van der Waals surface area (Å²) in [5, 5.41) is 8.70. The van der Waals surface area contributed by atoms with Gasteiger partial charge >= 0.3 is 5.97 Å². The number of nitrogens with zero attached hydrogens (tertiary/aromatic N) is 3. The molecular weight excluding hydrogens is 246 g/mol. The Labute approximate surface area is 102 Å². The highest BCUT2D eigenvalue weighted by Gasteiger charge is 2.31. The number of alkyl halides is 1. The lowest BCUT2D eigenvalue weighted by atomic mass is 10.2. The molecule has 2 rings (SSSR count). The first-order valence-corrected chi connectivity index (χ1v) is 5.57. The van der Waals surface area contributed by atoms with E-state index in [0.717, 1.165) is 0 Å². The number of rotatable bonds is 3. The summed E-state index contributed by atoms with van der Waals surface area (Å²) in [6.45, 7) is 0.481. The van der Waals surface area contributed by atoms with Crippen LogP contribution in [0.25, 0.3) is 0 Å². The molecule has 1 atom stereocenters. The van der Waals surface area contributed by atoms with Crippen LogP contribution in [0.2, 0.25) is 0 Å². The van der Waals surface area contributed by atoms with Gasteiger partial charge in [0.1, 0.15) is 0 Å². The van der Waals surface area contributed by atoms with E-state index >= 15 is 0 Å². The van der Waals surface area contributed by atoms with E-state index in [9.17, 15) is 9.59 Å². The highest BCUT2D eigenvalue weighted by atomic mass is 35.5. The van der Waals surface area contributed by atoms with Crippen molar-refractivity contribution in [1.82, 2.24) is 9.97 Å². The summed E-state index contributed by atoms with van der Waals surface area (Å²) in [6, 6.07) is 0. The Hall–Kier alpha value is -1.69. The molecule has 1 unspecified atom stereocenters. The summed E-state index contributed by atoms with van der Waals surface area (Å²) in [4.78, 5) is 31.4. The van der Waals surface area contributed by atoms with Gasteiger partial charge in [-0.25, -0.2) is 14.8 Å². The van der Waals surface area contributed by atoms with Crippen LogP contribution in [0.3, 0.4) is 0 Å². The standard InChI is InChI=1S/C10H10ClN3O3/c11-2-6-1-8(15)14(5-6)10-12-3-7(4-13-10)9(16)17/h3-4,6H,1-2,5H2,(H,16,17). The minimum atomic E-state index is -1.09. The molecule has 0 aromatic carbocycles. The normalized spacial score (nSPS) is 19.7. The van der Waals surface area contributed by atoms with Gasteiger partial charge in [0, 0.05) is 31.2 Å². The number of aromatic nitrogens is 2. The average molecular weight is 256 g/mol. The number of halogens is 1. The summed E-state index contributed by atoms with van der Waals surface area (Å²) in [5.41, 5.74) is -0.00529. The van der Waals surface area contributed by atoms with Crippen LogP contribution in [0.4, 0.5) is 5.95 Å². The predicted octanol–water partition coefficient (Wildman–Crippen LogP) is 0.766. The maximum absolute atomic E-state index is 11.6. The zero-order valence-electron chi connectivity index (χ0n) is 8.84. The van der Waals surface area contributed by atoms with Crippen LogP contribution in [-0.4, -0.2) is 39.4 Å². The number of amides is 1. The molecule has 1 N–H and O–H groups in total. The molecule has 1 fully saturated rings. The summed E-state index contributed by atoms with van der Waals surface area (Å²) in [6.07, 6.45) is 2.76. The van der Waals surface area contributed by atoms with Crippen LogP contribution in [0, 0.1) is 5.92 Å². The van der Waals surface area contributed by atoms with Crippen molar-refractivity contribution in [2.75, 3.05) is 17.3 Å². The van der Waals surface area contributed by atoms with Gasteiger partial charge in [-0.05, 0) is 5.92 Å². The quantitative estimate of drug-likeness (QED) is 0.807. The molecule has 0 spiro atoms. The second kappa shape index (κ2) is 4.67. The Kier molecular flexibility index (Phi) is 3.23. The Morgan fingerprint density at radius 3 is 2.65 bits per heavy atom. The molecule has 1 amide bonds. The zero-order valence-corrected chi connectivity index (χ0v) is 9.59. The number of carbonyl (C=O) groups is 2. The van der Waals surface area contributed by atoms with Crippen LogP contribution >= 0.6 is 11.6 Å². The van der Waals surface area contributed by atoms with Gasteiger partial charge in [-0.2, -0.15) is 0 Å². The summed E-state index contributed by atoms with van der Waals surface area (Å²) >= 11 is 5.70. The van der Waals surface area contributed by atoms with E-state index < -0.39 is 5.97 Å². The Balaban J connectivity index is 2.18. The number of carbonyl (C=O) groups excluding carboxylic acids is 1. The molecule has 7 heteroatoms. The molecule has 0 radical (unpaired) electrons. The lowest BCUT2D eigenvalue weighted by Crippen LogP contribution is -2.26. The number of hydrogen-bond donors (Lipinski definition) is 1. The first kappa shape index (κ1) is 11.8. The monoisotopic (exact) mass is 255 g/mol. The summed E-state index contributed by atoms with van der Waals surface area (Å²) < 4.78 is 0. The van der Waals surface area contributed by atoms with E-state index in [2.05, 4.69) is 9.97 Å². The fourth-order valence-electron chi connectivity index (χ4n) is 1.65. The molecule has 0 saturated carbocycles. The molecule has 90 valence electrons. The van der Waals surface area contributed by atoms with Crippen molar-refractivity contribution in [3.05, 3.63) is 18.0 Å². The van der Waals surface area contributed by atoms with Crippen molar-refractivity contribution in [3.63, 3.8) is 0 Å². The second-order valence-electron chi connectivity index (χ2n) is 3.81. The van der Waals surface area contributed by atoms with Gasteiger partial charge in [0.15, 0.2) is 0 Å². The molecule has 0 bridgehead atoms. The summed E-state index contributed by atoms with van der Waals surface area (Å²) in [5.74, 6) is -0.434. The molecule has 6 nitrogen and oxygen atoms in total. The zero-order chi connectivity index (χ0) is 12.4. The van der Waals surface area contributed by atoms with Gasteiger partial charge < -0.3 is 5.11 Å². The SMILES string of the molecule is O=C(O)c1cnc(N2CC(CCl)CC2=O)nc1. The van der Waals surface area contributed by atoms with Gasteiger partial charge in [-0.15, -0.1) is 11.6 Å². The van der Waals surface area contributed by atoms with Gasteiger partial charge in [0.25, 0.3) is 0 Å². The van der Waals surface area contributed by atoms with E-state index in [-0.39, 0.29) is 23.3 Å². The van der Waals surface area contributed by atoms with Crippen LogP contribution < -0.4 is 4.90 Å². The van der Waals surface area contributed by atoms with Crippen LogP contribution in [0.5, 0.6) is 0 Å². The number of carboxylic acids is 1. The van der Waals surface area contributed by atoms with E-state index in [0.29, 0.717) is 18.8 Å². The maximum atomic E-state index is 11.6. The second-order valence-corrected chi connectivity index (χ2v) is 4.11. The maximum Gasteiger partial charge on any atom is 0.338 e. The summed E-state index contributed by atoms with van der Waals surface area (Å²) in [7, 11) is 0. The topological polar surface area (TPSA) is 83.4 Å². The largest absolute Gasteiger partial charge is 0.478 e.